The average molecular weight is 400 g/mol. The molecule has 10 heteroatoms. The number of urea groups is 1. The summed E-state index contributed by atoms with van der Waals surface area (Å²) in [5.41, 5.74) is -0.788. The second-order valence-corrected chi connectivity index (χ2v) is 6.36. The zero-order valence-corrected chi connectivity index (χ0v) is 15.6. The molecule has 0 radical (unpaired) electrons. The predicted octanol–water partition coefficient (Wildman–Crippen LogP) is 2.07. The number of carbonyl (C=O) groups excluding carboxylic acids is 4. The van der Waals surface area contributed by atoms with Gasteiger partial charge in [0.1, 0.15) is 17.9 Å². The van der Waals surface area contributed by atoms with E-state index in [0.29, 0.717) is 12.8 Å². The second-order valence-electron chi connectivity index (χ2n) is 5.95. The Morgan fingerprint density at radius 2 is 1.96 bits per heavy atom. The molecule has 1 heterocycles. The molecule has 0 bridgehead atoms. The fraction of sp³-hybridized carbons (Fsp3) is 0.412. The average Bonchev–Trinajstić information content (AvgIpc) is 2.87. The molecule has 0 saturated carbocycles. The number of nitrogens with zero attached hydrogens (tertiary/aromatic N) is 1. The molecular formula is C17H19ClFN3O5. The molecule has 0 aliphatic carbocycles. The minimum Gasteiger partial charge on any atom is -0.454 e. The van der Waals surface area contributed by atoms with Crippen molar-refractivity contribution in [3.05, 3.63) is 29.0 Å². The third-order valence-electron chi connectivity index (χ3n) is 4.31. The Hall–Kier alpha value is -2.68. The number of hydrogen-bond acceptors (Lipinski definition) is 5. The molecule has 1 saturated heterocycles. The van der Waals surface area contributed by atoms with Crippen molar-refractivity contribution in [2.24, 2.45) is 0 Å². The zero-order chi connectivity index (χ0) is 20.2. The highest BCUT2D eigenvalue weighted by atomic mass is 35.5. The molecule has 1 aliphatic heterocycles. The minimum absolute atomic E-state index is 0.168. The van der Waals surface area contributed by atoms with Gasteiger partial charge in [-0.3, -0.25) is 19.3 Å². The van der Waals surface area contributed by atoms with Crippen LogP contribution in [0.2, 0.25) is 5.02 Å². The second kappa shape index (κ2) is 8.34. The smallest absolute Gasteiger partial charge is 0.326 e. The highest BCUT2D eigenvalue weighted by molar-refractivity contribution is 6.31. The van der Waals surface area contributed by atoms with E-state index >= 15 is 0 Å². The number of ether oxygens (including phenoxy) is 1. The standard InChI is InChI=1S/C17H19ClFN3O5/c1-3-17(4-2)15(25)22(16(26)21-17)8-14(24)27-9-13(23)20-10-5-6-12(19)11(18)7-10/h5-7H,3-4,8-9H2,1-2H3,(H,20,23)(H,21,26). The summed E-state index contributed by atoms with van der Waals surface area (Å²) < 4.78 is 17.9. The van der Waals surface area contributed by atoms with Crippen LogP contribution in [0, 0.1) is 5.82 Å². The minimum atomic E-state index is -1.02. The van der Waals surface area contributed by atoms with Gasteiger partial charge in [-0.05, 0) is 31.0 Å². The lowest BCUT2D eigenvalue weighted by molar-refractivity contribution is -0.150. The lowest BCUT2D eigenvalue weighted by Gasteiger charge is -2.22. The molecule has 0 unspecified atom stereocenters. The molecular weight excluding hydrogens is 381 g/mol. The van der Waals surface area contributed by atoms with Crippen LogP contribution in [0.15, 0.2) is 18.2 Å². The maximum absolute atomic E-state index is 13.1. The molecule has 1 aromatic rings. The van der Waals surface area contributed by atoms with Gasteiger partial charge in [0.2, 0.25) is 0 Å². The van der Waals surface area contributed by atoms with Crippen molar-refractivity contribution in [1.29, 1.82) is 0 Å². The maximum atomic E-state index is 13.1. The molecule has 0 aromatic heterocycles. The summed E-state index contributed by atoms with van der Waals surface area (Å²) in [5.74, 6) is -2.72. The Kier molecular flexibility index (Phi) is 6.37. The molecule has 0 atom stereocenters. The molecule has 4 amide bonds. The Morgan fingerprint density at radius 3 is 2.52 bits per heavy atom. The monoisotopic (exact) mass is 399 g/mol. The number of halogens is 2. The van der Waals surface area contributed by atoms with Gasteiger partial charge in [0, 0.05) is 5.69 Å². The summed E-state index contributed by atoms with van der Waals surface area (Å²) in [7, 11) is 0. The molecule has 1 fully saturated rings. The van der Waals surface area contributed by atoms with Crippen LogP contribution in [0.3, 0.4) is 0 Å². The first-order chi connectivity index (χ1) is 12.7. The van der Waals surface area contributed by atoms with Crippen LogP contribution in [0.1, 0.15) is 26.7 Å². The first kappa shape index (κ1) is 20.6. The van der Waals surface area contributed by atoms with Gasteiger partial charge in [0.25, 0.3) is 11.8 Å². The molecule has 146 valence electrons. The van der Waals surface area contributed by atoms with Crippen molar-refractivity contribution in [1.82, 2.24) is 10.2 Å². The number of anilines is 1. The van der Waals surface area contributed by atoms with Crippen molar-refractivity contribution in [3.63, 3.8) is 0 Å². The van der Waals surface area contributed by atoms with Crippen LogP contribution >= 0.6 is 11.6 Å². The molecule has 1 aliphatic rings. The normalized spacial score (nSPS) is 15.5. The van der Waals surface area contributed by atoms with Crippen LogP contribution in [-0.2, 0) is 19.1 Å². The third-order valence-corrected chi connectivity index (χ3v) is 4.60. The van der Waals surface area contributed by atoms with E-state index in [1.807, 2.05) is 0 Å². The van der Waals surface area contributed by atoms with Gasteiger partial charge in [-0.2, -0.15) is 0 Å². The van der Waals surface area contributed by atoms with Crippen molar-refractivity contribution in [3.8, 4) is 0 Å². The number of hydrogen-bond donors (Lipinski definition) is 2. The molecule has 0 spiro atoms. The molecule has 2 N–H and O–H groups in total. The maximum Gasteiger partial charge on any atom is 0.326 e. The zero-order valence-electron chi connectivity index (χ0n) is 14.8. The summed E-state index contributed by atoms with van der Waals surface area (Å²) in [5, 5.41) is 4.80. The van der Waals surface area contributed by atoms with Gasteiger partial charge < -0.3 is 15.4 Å². The fourth-order valence-corrected chi connectivity index (χ4v) is 2.82. The number of imide groups is 1. The third kappa shape index (κ3) is 4.54. The van der Waals surface area contributed by atoms with Crippen molar-refractivity contribution < 1.29 is 28.3 Å². The molecule has 27 heavy (non-hydrogen) atoms. The molecule has 1 aromatic carbocycles. The van der Waals surface area contributed by atoms with E-state index in [1.165, 1.54) is 12.1 Å². The van der Waals surface area contributed by atoms with Crippen LogP contribution in [0.4, 0.5) is 14.9 Å². The van der Waals surface area contributed by atoms with E-state index in [-0.39, 0.29) is 10.7 Å². The van der Waals surface area contributed by atoms with E-state index in [9.17, 15) is 23.6 Å². The highest BCUT2D eigenvalue weighted by Crippen LogP contribution is 2.24. The number of amides is 4. The van der Waals surface area contributed by atoms with E-state index in [0.717, 1.165) is 11.0 Å². The first-order valence-corrected chi connectivity index (χ1v) is 8.65. The van der Waals surface area contributed by atoms with Crippen molar-refractivity contribution in [2.45, 2.75) is 32.2 Å². The van der Waals surface area contributed by atoms with E-state index in [2.05, 4.69) is 10.6 Å². The van der Waals surface area contributed by atoms with Crippen LogP contribution in [-0.4, -0.2) is 47.4 Å². The summed E-state index contributed by atoms with van der Waals surface area (Å²) in [6.07, 6.45) is 0.782. The summed E-state index contributed by atoms with van der Waals surface area (Å²) >= 11 is 5.61. The Morgan fingerprint density at radius 1 is 1.30 bits per heavy atom. The topological polar surface area (TPSA) is 105 Å². The molecule has 8 nitrogen and oxygen atoms in total. The Balaban J connectivity index is 1.87. The van der Waals surface area contributed by atoms with Gasteiger partial charge in [0.05, 0.1) is 5.02 Å². The predicted molar refractivity (Wildman–Crippen MR) is 94.6 cm³/mol. The van der Waals surface area contributed by atoms with Gasteiger partial charge in [-0.25, -0.2) is 9.18 Å². The van der Waals surface area contributed by atoms with E-state index in [4.69, 9.17) is 16.3 Å². The highest BCUT2D eigenvalue weighted by Gasteiger charge is 2.49. The summed E-state index contributed by atoms with van der Waals surface area (Å²) in [6.45, 7) is 2.29. The number of nitrogens with one attached hydrogen (secondary N) is 2. The first-order valence-electron chi connectivity index (χ1n) is 8.27. The number of benzene rings is 1. The molecule has 2 rings (SSSR count). The van der Waals surface area contributed by atoms with Crippen LogP contribution in [0.5, 0.6) is 0 Å². The van der Waals surface area contributed by atoms with Gasteiger partial charge in [-0.15, -0.1) is 0 Å². The van der Waals surface area contributed by atoms with Gasteiger partial charge in [0.15, 0.2) is 6.61 Å². The summed E-state index contributed by atoms with van der Waals surface area (Å²) in [4.78, 5) is 48.8. The SMILES string of the molecule is CCC1(CC)NC(=O)N(CC(=O)OCC(=O)Nc2ccc(F)c(Cl)c2)C1=O. The van der Waals surface area contributed by atoms with Gasteiger partial charge in [-0.1, -0.05) is 25.4 Å². The quantitative estimate of drug-likeness (QED) is 0.539. The number of carbonyl (C=O) groups is 4. The number of rotatable bonds is 7. The Bertz CT molecular complexity index is 782. The number of esters is 1. The Labute approximate surface area is 160 Å². The van der Waals surface area contributed by atoms with Crippen LogP contribution < -0.4 is 10.6 Å². The largest absolute Gasteiger partial charge is 0.454 e. The summed E-state index contributed by atoms with van der Waals surface area (Å²) in [6, 6.07) is 2.91. The fourth-order valence-electron chi connectivity index (χ4n) is 2.64. The van der Waals surface area contributed by atoms with E-state index in [1.54, 1.807) is 13.8 Å². The van der Waals surface area contributed by atoms with Crippen molar-refractivity contribution >= 4 is 41.1 Å². The van der Waals surface area contributed by atoms with E-state index < -0.39 is 48.3 Å². The lowest BCUT2D eigenvalue weighted by atomic mass is 9.93. The van der Waals surface area contributed by atoms with Crippen LogP contribution in [0.25, 0.3) is 0 Å². The van der Waals surface area contributed by atoms with Gasteiger partial charge >= 0.3 is 12.0 Å². The lowest BCUT2D eigenvalue weighted by Crippen LogP contribution is -2.46. The van der Waals surface area contributed by atoms with Crippen molar-refractivity contribution in [2.75, 3.05) is 18.5 Å².